The average molecular weight is 419 g/mol. The molecule has 0 bridgehead atoms. The van der Waals surface area contributed by atoms with Crippen molar-refractivity contribution in [2.45, 2.75) is 13.0 Å². The number of methoxy groups -OCH3 is 1. The fraction of sp³-hybridized carbons (Fsp3) is 0.450. The van der Waals surface area contributed by atoms with Crippen LogP contribution in [0.25, 0.3) is 0 Å². The molecule has 2 rings (SSSR count). The van der Waals surface area contributed by atoms with Crippen LogP contribution in [0.1, 0.15) is 17.5 Å². The van der Waals surface area contributed by atoms with Crippen molar-refractivity contribution >= 4 is 18.0 Å². The van der Waals surface area contributed by atoms with Gasteiger partial charge in [-0.1, -0.05) is 12.1 Å². The summed E-state index contributed by atoms with van der Waals surface area (Å²) in [6.07, 6.45) is 0.816. The van der Waals surface area contributed by atoms with Gasteiger partial charge < -0.3 is 19.2 Å². The van der Waals surface area contributed by atoms with Gasteiger partial charge in [0, 0.05) is 47.4 Å². The summed E-state index contributed by atoms with van der Waals surface area (Å²) in [6, 6.07) is 8.60. The highest BCUT2D eigenvalue weighted by atomic mass is 32.1. The number of nitrogens with zero attached hydrogens (tertiary/aromatic N) is 4. The summed E-state index contributed by atoms with van der Waals surface area (Å²) in [5.74, 6) is 0.316. The molecule has 0 saturated heterocycles. The molecule has 2 aromatic rings. The average Bonchev–Trinajstić information content (AvgIpc) is 2.72. The molecule has 2 N–H and O–H groups in total. The monoisotopic (exact) mass is 418 g/mol. The van der Waals surface area contributed by atoms with E-state index in [1.54, 1.807) is 37.9 Å². The van der Waals surface area contributed by atoms with Crippen LogP contribution in [0.4, 0.5) is 10.2 Å². The molecule has 7 nitrogen and oxygen atoms in total. The molecule has 1 aromatic carbocycles. The summed E-state index contributed by atoms with van der Waals surface area (Å²) >= 11 is 5.33. The molecule has 0 aliphatic rings. The molecule has 0 amide bonds. The summed E-state index contributed by atoms with van der Waals surface area (Å²) in [5, 5.41) is 20.8. The molecule has 29 heavy (non-hydrogen) atoms. The van der Waals surface area contributed by atoms with Gasteiger partial charge in [0.15, 0.2) is 4.77 Å². The van der Waals surface area contributed by atoms with E-state index in [0.29, 0.717) is 30.3 Å². The lowest BCUT2D eigenvalue weighted by Gasteiger charge is -2.23. The second-order valence-corrected chi connectivity index (χ2v) is 7.13. The topological polar surface area (TPSA) is 82.0 Å². The zero-order valence-electron chi connectivity index (χ0n) is 17.0. The van der Waals surface area contributed by atoms with E-state index in [9.17, 15) is 9.65 Å². The highest BCUT2D eigenvalue weighted by Gasteiger charge is 2.12. The van der Waals surface area contributed by atoms with Gasteiger partial charge in [-0.15, -0.1) is 0 Å². The summed E-state index contributed by atoms with van der Waals surface area (Å²) in [7, 11) is 5.13. The Morgan fingerprint density at radius 3 is 2.55 bits per heavy atom. The molecule has 1 aromatic heterocycles. The summed E-state index contributed by atoms with van der Waals surface area (Å²) in [5.41, 5.74) is 1.40. The number of ether oxygens (including phenoxy) is 1. The highest BCUT2D eigenvalue weighted by Crippen LogP contribution is 2.11. The minimum Gasteiger partial charge on any atom is -0.383 e. The zero-order valence-corrected chi connectivity index (χ0v) is 17.9. The molecule has 0 radical (unpaired) electrons. The number of nitrogens with one attached hydrogen (secondary N) is 2. The Morgan fingerprint density at radius 1 is 1.24 bits per heavy atom. The van der Waals surface area contributed by atoms with E-state index >= 15 is 0 Å². The van der Waals surface area contributed by atoms with E-state index in [1.807, 2.05) is 0 Å². The van der Waals surface area contributed by atoms with Crippen LogP contribution >= 0.6 is 12.2 Å². The van der Waals surface area contributed by atoms with Gasteiger partial charge in [-0.25, -0.2) is 4.39 Å². The quantitative estimate of drug-likeness (QED) is 0.458. The maximum atomic E-state index is 13.1. The van der Waals surface area contributed by atoms with E-state index in [1.165, 1.54) is 16.7 Å². The fourth-order valence-electron chi connectivity index (χ4n) is 3.02. The van der Waals surface area contributed by atoms with Crippen molar-refractivity contribution in [1.82, 2.24) is 14.0 Å². The molecule has 0 unspecified atom stereocenters. The number of rotatable bonds is 10. The van der Waals surface area contributed by atoms with E-state index in [4.69, 9.17) is 22.4 Å². The molecule has 1 heterocycles. The van der Waals surface area contributed by atoms with Crippen molar-refractivity contribution in [1.29, 1.82) is 10.7 Å². The predicted molar refractivity (Wildman–Crippen MR) is 112 cm³/mol. The van der Waals surface area contributed by atoms with Gasteiger partial charge in [0.2, 0.25) is 0 Å². The van der Waals surface area contributed by atoms with E-state index in [2.05, 4.69) is 16.3 Å². The minimum absolute atomic E-state index is 0.0936. The van der Waals surface area contributed by atoms with Crippen LogP contribution in [0.15, 0.2) is 24.3 Å². The van der Waals surface area contributed by atoms with Crippen molar-refractivity contribution in [3.63, 3.8) is 0 Å². The lowest BCUT2D eigenvalue weighted by atomic mass is 10.2. The normalized spacial score (nSPS) is 10.9. The fourth-order valence-corrected chi connectivity index (χ4v) is 3.21. The van der Waals surface area contributed by atoms with Crippen molar-refractivity contribution in [3.8, 4) is 6.07 Å². The van der Waals surface area contributed by atoms with Crippen LogP contribution in [0.2, 0.25) is 0 Å². The molecule has 0 aliphatic carbocycles. The number of anilines is 1. The third kappa shape index (κ3) is 5.97. The first-order chi connectivity index (χ1) is 13.9. The Balaban J connectivity index is 2.01. The van der Waals surface area contributed by atoms with Gasteiger partial charge in [-0.3, -0.25) is 10.3 Å². The number of nitriles is 1. The lowest BCUT2D eigenvalue weighted by Crippen LogP contribution is -2.30. The second kappa shape index (κ2) is 10.9. The van der Waals surface area contributed by atoms with Crippen molar-refractivity contribution in [2.24, 2.45) is 14.1 Å². The molecular weight excluding hydrogens is 391 g/mol. The zero-order chi connectivity index (χ0) is 21.4. The van der Waals surface area contributed by atoms with E-state index in [-0.39, 0.29) is 16.9 Å². The molecular formula is C20H27FN6OS. The van der Waals surface area contributed by atoms with Gasteiger partial charge >= 0.3 is 0 Å². The Morgan fingerprint density at radius 2 is 1.93 bits per heavy atom. The van der Waals surface area contributed by atoms with Crippen LogP contribution in [0, 0.1) is 27.3 Å². The number of hydrogen-bond acceptors (Lipinski definition) is 6. The van der Waals surface area contributed by atoms with E-state index < -0.39 is 0 Å². The smallest absolute Gasteiger partial charge is 0.182 e. The molecule has 0 atom stereocenters. The number of halogens is 1. The Kier molecular flexibility index (Phi) is 8.51. The van der Waals surface area contributed by atoms with Crippen LogP contribution < -0.4 is 10.8 Å². The maximum absolute atomic E-state index is 13.1. The van der Waals surface area contributed by atoms with Crippen LogP contribution in [-0.4, -0.2) is 47.4 Å². The van der Waals surface area contributed by atoms with Crippen molar-refractivity contribution in [3.05, 3.63) is 51.5 Å². The van der Waals surface area contributed by atoms with Gasteiger partial charge in [0.05, 0.1) is 6.61 Å². The molecule has 0 saturated carbocycles. The Hall–Kier alpha value is -2.54. The van der Waals surface area contributed by atoms with Gasteiger partial charge in [0.1, 0.15) is 28.8 Å². The molecule has 9 heteroatoms. The summed E-state index contributed by atoms with van der Waals surface area (Å²) in [4.78, 5) is 2.24. The Bertz CT molecular complexity index is 977. The van der Waals surface area contributed by atoms with Crippen LogP contribution in [-0.2, 0) is 25.4 Å². The largest absolute Gasteiger partial charge is 0.383 e. The third-order valence-corrected chi connectivity index (χ3v) is 5.25. The molecule has 0 fully saturated rings. The maximum Gasteiger partial charge on any atom is 0.182 e. The second-order valence-electron chi connectivity index (χ2n) is 6.76. The van der Waals surface area contributed by atoms with Gasteiger partial charge in [0.25, 0.3) is 0 Å². The Labute approximate surface area is 175 Å². The first-order valence-electron chi connectivity index (χ1n) is 9.33. The first-order valence-corrected chi connectivity index (χ1v) is 9.74. The SMILES string of the molecule is COCCN(CCCNc1c(C#N)c(=N)n(C)c(=S)n1C)Cc1ccc(F)cc1. The van der Waals surface area contributed by atoms with Crippen LogP contribution in [0.5, 0.6) is 0 Å². The molecule has 0 spiro atoms. The lowest BCUT2D eigenvalue weighted by molar-refractivity contribution is 0.143. The number of aromatic nitrogens is 2. The van der Waals surface area contributed by atoms with Gasteiger partial charge in [-0.2, -0.15) is 5.26 Å². The number of benzene rings is 1. The standard InChI is InChI=1S/C20H27FN6OS/c1-25-18(23)17(13-22)19(26(2)20(25)29)24-9-4-10-27(11-12-28-3)14-15-5-7-16(21)8-6-15/h5-8,23-24H,4,9-12,14H2,1-3H3. The summed E-state index contributed by atoms with van der Waals surface area (Å²) < 4.78 is 22.0. The van der Waals surface area contributed by atoms with Crippen molar-refractivity contribution in [2.75, 3.05) is 38.7 Å². The van der Waals surface area contributed by atoms with Crippen molar-refractivity contribution < 1.29 is 9.13 Å². The van der Waals surface area contributed by atoms with Gasteiger partial charge in [-0.05, 0) is 36.3 Å². The molecule has 0 aliphatic heterocycles. The third-order valence-electron chi connectivity index (χ3n) is 4.70. The molecule has 156 valence electrons. The highest BCUT2D eigenvalue weighted by molar-refractivity contribution is 7.71. The minimum atomic E-state index is -0.242. The number of hydrogen-bond donors (Lipinski definition) is 2. The van der Waals surface area contributed by atoms with E-state index in [0.717, 1.165) is 25.1 Å². The van der Waals surface area contributed by atoms with Crippen LogP contribution in [0.3, 0.4) is 0 Å². The summed E-state index contributed by atoms with van der Waals surface area (Å²) in [6.45, 7) is 3.50. The predicted octanol–water partition coefficient (Wildman–Crippen LogP) is 2.53. The first kappa shape index (κ1) is 22.7.